The van der Waals surface area contributed by atoms with Crippen LogP contribution in [-0.4, -0.2) is 22.4 Å². The summed E-state index contributed by atoms with van der Waals surface area (Å²) in [7, 11) is 0. The van der Waals surface area contributed by atoms with Crippen LogP contribution in [0.3, 0.4) is 0 Å². The maximum Gasteiger partial charge on any atom is 0.253 e. The van der Waals surface area contributed by atoms with Crippen LogP contribution in [0.4, 0.5) is 5.82 Å². The van der Waals surface area contributed by atoms with Gasteiger partial charge in [-0.25, -0.2) is 4.98 Å². The number of anilines is 1. The second-order valence-electron chi connectivity index (χ2n) is 7.07. The lowest BCUT2D eigenvalue weighted by Crippen LogP contribution is -2.26. The van der Waals surface area contributed by atoms with E-state index < -0.39 is 0 Å². The van der Waals surface area contributed by atoms with Crippen molar-refractivity contribution in [3.05, 3.63) is 95.8 Å². The smallest absolute Gasteiger partial charge is 0.253 e. The molecule has 0 fully saturated rings. The van der Waals surface area contributed by atoms with Gasteiger partial charge in [-0.15, -0.1) is 0 Å². The molecule has 1 unspecified atom stereocenters. The quantitative estimate of drug-likeness (QED) is 0.432. The number of H-pyrrole nitrogens is 1. The number of nitrogens with one attached hydrogen (secondary N) is 3. The summed E-state index contributed by atoms with van der Waals surface area (Å²) in [5, 5.41) is 7.58. The number of aromatic nitrogens is 2. The van der Waals surface area contributed by atoms with Gasteiger partial charge < -0.3 is 15.6 Å². The van der Waals surface area contributed by atoms with Crippen LogP contribution in [0, 0.1) is 0 Å². The van der Waals surface area contributed by atoms with E-state index in [-0.39, 0.29) is 11.9 Å². The zero-order valence-electron chi connectivity index (χ0n) is 16.4. The minimum Gasteiger partial charge on any atom is -0.370 e. The van der Waals surface area contributed by atoms with E-state index >= 15 is 0 Å². The lowest BCUT2D eigenvalue weighted by molar-refractivity contribution is 0.0939. The maximum absolute atomic E-state index is 12.5. The van der Waals surface area contributed by atoms with Crippen LogP contribution >= 0.6 is 0 Å². The van der Waals surface area contributed by atoms with Gasteiger partial charge in [-0.3, -0.25) is 4.79 Å². The van der Waals surface area contributed by atoms with Crippen molar-refractivity contribution in [2.24, 2.45) is 0 Å². The van der Waals surface area contributed by atoms with Crippen molar-refractivity contribution in [3.63, 3.8) is 0 Å². The lowest BCUT2D eigenvalue weighted by atomic mass is 10.1. The summed E-state index contributed by atoms with van der Waals surface area (Å²) in [6.07, 6.45) is 4.56. The second-order valence-corrected chi connectivity index (χ2v) is 7.07. The fraction of sp³-hybridized carbons (Fsp3) is 0.167. The zero-order chi connectivity index (χ0) is 20.1. The predicted molar refractivity (Wildman–Crippen MR) is 117 cm³/mol. The van der Waals surface area contributed by atoms with Gasteiger partial charge in [0.25, 0.3) is 5.91 Å². The minimum atomic E-state index is -0.126. The molecule has 3 N–H and O–H groups in total. The summed E-state index contributed by atoms with van der Waals surface area (Å²) >= 11 is 0. The molecule has 5 nitrogen and oxygen atoms in total. The van der Waals surface area contributed by atoms with Crippen molar-refractivity contribution in [3.8, 4) is 0 Å². The molecular formula is C24H24N4O. The molecule has 0 saturated heterocycles. The number of fused-ring (bicyclic) bond motifs is 1. The number of carbonyl (C=O) groups excluding carboxylic acids is 1. The first-order valence-corrected chi connectivity index (χ1v) is 9.81. The highest BCUT2D eigenvalue weighted by Crippen LogP contribution is 2.18. The third kappa shape index (κ3) is 4.46. The Morgan fingerprint density at radius 1 is 1.03 bits per heavy atom. The second kappa shape index (κ2) is 8.61. The molecule has 4 aromatic rings. The lowest BCUT2D eigenvalue weighted by Gasteiger charge is -2.14. The van der Waals surface area contributed by atoms with E-state index in [2.05, 4.69) is 45.0 Å². The van der Waals surface area contributed by atoms with Crippen molar-refractivity contribution in [1.82, 2.24) is 15.3 Å². The Balaban J connectivity index is 1.31. The molecule has 0 saturated carbocycles. The molecule has 2 heterocycles. The van der Waals surface area contributed by atoms with E-state index in [0.717, 1.165) is 29.9 Å². The first-order valence-electron chi connectivity index (χ1n) is 9.81. The first-order chi connectivity index (χ1) is 14.2. The van der Waals surface area contributed by atoms with Gasteiger partial charge in [0.2, 0.25) is 0 Å². The van der Waals surface area contributed by atoms with Crippen LogP contribution in [0.5, 0.6) is 0 Å². The standard InChI is InChI=1S/C24H24N4O/c1-17(18-7-3-2-4-8-18)28-24(29)20-11-12-23(27-16-20)25-14-13-19-15-26-22-10-6-5-9-21(19)22/h2-12,15-17,26H,13-14H2,1H3,(H,25,27)(H,28,29). The van der Waals surface area contributed by atoms with Crippen LogP contribution in [0.25, 0.3) is 10.9 Å². The molecule has 4 rings (SSSR count). The summed E-state index contributed by atoms with van der Waals surface area (Å²) in [4.78, 5) is 20.1. The van der Waals surface area contributed by atoms with E-state index in [1.165, 1.54) is 10.9 Å². The number of aromatic amines is 1. The van der Waals surface area contributed by atoms with Crippen molar-refractivity contribution >= 4 is 22.6 Å². The Morgan fingerprint density at radius 3 is 2.62 bits per heavy atom. The number of carbonyl (C=O) groups is 1. The molecule has 2 aromatic carbocycles. The van der Waals surface area contributed by atoms with Gasteiger partial charge in [-0.05, 0) is 42.7 Å². The van der Waals surface area contributed by atoms with Crippen molar-refractivity contribution in [2.45, 2.75) is 19.4 Å². The fourth-order valence-corrected chi connectivity index (χ4v) is 3.40. The SMILES string of the molecule is CC(NC(=O)c1ccc(NCCc2c[nH]c3ccccc23)nc1)c1ccccc1. The number of hydrogen-bond acceptors (Lipinski definition) is 3. The molecule has 0 aliphatic rings. The fourth-order valence-electron chi connectivity index (χ4n) is 3.40. The largest absolute Gasteiger partial charge is 0.370 e. The first kappa shape index (κ1) is 18.7. The molecule has 0 radical (unpaired) electrons. The normalized spacial score (nSPS) is 11.9. The average Bonchev–Trinajstić information content (AvgIpc) is 3.18. The average molecular weight is 384 g/mol. The number of para-hydroxylation sites is 1. The van der Waals surface area contributed by atoms with Crippen LogP contribution < -0.4 is 10.6 Å². The molecular weight excluding hydrogens is 360 g/mol. The predicted octanol–water partition coefficient (Wildman–Crippen LogP) is 4.71. The van der Waals surface area contributed by atoms with Crippen LogP contribution in [0.2, 0.25) is 0 Å². The van der Waals surface area contributed by atoms with Gasteiger partial charge in [-0.2, -0.15) is 0 Å². The maximum atomic E-state index is 12.5. The van der Waals surface area contributed by atoms with E-state index in [4.69, 9.17) is 0 Å². The molecule has 0 spiro atoms. The van der Waals surface area contributed by atoms with Gasteiger partial charge in [0.15, 0.2) is 0 Å². The van der Waals surface area contributed by atoms with Crippen molar-refractivity contribution in [2.75, 3.05) is 11.9 Å². The highest BCUT2D eigenvalue weighted by molar-refractivity contribution is 5.94. The molecule has 146 valence electrons. The third-order valence-electron chi connectivity index (χ3n) is 5.05. The monoisotopic (exact) mass is 384 g/mol. The molecule has 1 atom stereocenters. The highest BCUT2D eigenvalue weighted by Gasteiger charge is 2.11. The third-order valence-corrected chi connectivity index (χ3v) is 5.05. The van der Waals surface area contributed by atoms with Gasteiger partial charge >= 0.3 is 0 Å². The minimum absolute atomic E-state index is 0.0577. The molecule has 0 aliphatic carbocycles. The van der Waals surface area contributed by atoms with E-state index in [1.54, 1.807) is 12.3 Å². The number of amides is 1. The van der Waals surface area contributed by atoms with E-state index in [9.17, 15) is 4.79 Å². The van der Waals surface area contributed by atoms with Gasteiger partial charge in [-0.1, -0.05) is 48.5 Å². The van der Waals surface area contributed by atoms with E-state index in [1.807, 2.05) is 49.4 Å². The highest BCUT2D eigenvalue weighted by atomic mass is 16.1. The summed E-state index contributed by atoms with van der Waals surface area (Å²) in [5.74, 6) is 0.636. The molecule has 29 heavy (non-hydrogen) atoms. The number of benzene rings is 2. The molecule has 0 aliphatic heterocycles. The Kier molecular flexibility index (Phi) is 5.56. The van der Waals surface area contributed by atoms with Crippen LogP contribution in [0.1, 0.15) is 34.5 Å². The zero-order valence-corrected chi connectivity index (χ0v) is 16.4. The van der Waals surface area contributed by atoms with Gasteiger partial charge in [0.1, 0.15) is 5.82 Å². The Morgan fingerprint density at radius 2 is 1.83 bits per heavy atom. The summed E-state index contributed by atoms with van der Waals surface area (Å²) < 4.78 is 0. The van der Waals surface area contributed by atoms with Crippen LogP contribution in [-0.2, 0) is 6.42 Å². The number of pyridine rings is 1. The van der Waals surface area contributed by atoms with E-state index in [0.29, 0.717) is 5.56 Å². The van der Waals surface area contributed by atoms with Crippen molar-refractivity contribution < 1.29 is 4.79 Å². The Hall–Kier alpha value is -3.60. The van der Waals surface area contributed by atoms with Crippen LogP contribution in [0.15, 0.2) is 79.1 Å². The number of nitrogens with zero attached hydrogens (tertiary/aromatic N) is 1. The number of rotatable bonds is 7. The number of hydrogen-bond donors (Lipinski definition) is 3. The Labute approximate surface area is 170 Å². The molecule has 1 amide bonds. The molecule has 5 heteroatoms. The summed E-state index contributed by atoms with van der Waals surface area (Å²) in [6, 6.07) is 21.8. The summed E-state index contributed by atoms with van der Waals surface area (Å²) in [5.41, 5.74) is 4.05. The molecule has 0 bridgehead atoms. The summed E-state index contributed by atoms with van der Waals surface area (Å²) in [6.45, 7) is 2.74. The van der Waals surface area contributed by atoms with Gasteiger partial charge in [0.05, 0.1) is 11.6 Å². The van der Waals surface area contributed by atoms with Gasteiger partial charge in [0, 0.05) is 29.8 Å². The molecule has 2 aromatic heterocycles. The Bertz CT molecular complexity index is 1090. The van der Waals surface area contributed by atoms with Crippen molar-refractivity contribution in [1.29, 1.82) is 0 Å². The topological polar surface area (TPSA) is 69.8 Å².